The fourth-order valence-corrected chi connectivity index (χ4v) is 2.95. The minimum atomic E-state index is -0.432. The van der Waals surface area contributed by atoms with Gasteiger partial charge < -0.3 is 4.74 Å². The van der Waals surface area contributed by atoms with Crippen LogP contribution in [0.2, 0.25) is 0 Å². The molecule has 0 fully saturated rings. The monoisotopic (exact) mass is 380 g/mol. The molecule has 0 N–H and O–H groups in total. The van der Waals surface area contributed by atoms with E-state index in [9.17, 15) is 4.79 Å². The van der Waals surface area contributed by atoms with E-state index in [1.807, 2.05) is 90.6 Å². The van der Waals surface area contributed by atoms with Gasteiger partial charge in [0.05, 0.1) is 11.4 Å². The topological polar surface area (TPSA) is 44.1 Å². The first-order valence-corrected chi connectivity index (χ1v) is 9.36. The molecule has 142 valence electrons. The molecular weight excluding hydrogens is 360 g/mol. The van der Waals surface area contributed by atoms with Gasteiger partial charge in [-0.05, 0) is 37.3 Å². The van der Waals surface area contributed by atoms with E-state index >= 15 is 0 Å². The SMILES string of the molecule is Cc1ccc(-c2nn(-c3ccccc3)cc2/C=C/C(=O)Oc2ccccc2)cc1. The van der Waals surface area contributed by atoms with Crippen molar-refractivity contribution in [1.29, 1.82) is 0 Å². The number of rotatable bonds is 5. The van der Waals surface area contributed by atoms with Crippen molar-refractivity contribution in [1.82, 2.24) is 9.78 Å². The van der Waals surface area contributed by atoms with Crippen molar-refractivity contribution >= 4 is 12.0 Å². The van der Waals surface area contributed by atoms with Crippen molar-refractivity contribution in [2.75, 3.05) is 0 Å². The van der Waals surface area contributed by atoms with E-state index in [1.165, 1.54) is 11.6 Å². The van der Waals surface area contributed by atoms with Crippen LogP contribution in [0.25, 0.3) is 23.0 Å². The van der Waals surface area contributed by atoms with Crippen molar-refractivity contribution in [3.63, 3.8) is 0 Å². The number of hydrogen-bond donors (Lipinski definition) is 0. The predicted molar refractivity (Wildman–Crippen MR) is 115 cm³/mol. The second kappa shape index (κ2) is 8.40. The zero-order valence-corrected chi connectivity index (χ0v) is 16.0. The highest BCUT2D eigenvalue weighted by Crippen LogP contribution is 2.25. The maximum atomic E-state index is 12.2. The lowest BCUT2D eigenvalue weighted by molar-refractivity contribution is -0.128. The summed E-state index contributed by atoms with van der Waals surface area (Å²) < 4.78 is 7.15. The van der Waals surface area contributed by atoms with Crippen LogP contribution in [0.5, 0.6) is 5.75 Å². The molecule has 1 heterocycles. The van der Waals surface area contributed by atoms with Crippen molar-refractivity contribution in [2.24, 2.45) is 0 Å². The van der Waals surface area contributed by atoms with Crippen LogP contribution in [0.1, 0.15) is 11.1 Å². The van der Waals surface area contributed by atoms with Crippen LogP contribution in [-0.2, 0) is 4.79 Å². The Morgan fingerprint density at radius 3 is 2.24 bits per heavy atom. The number of carbonyl (C=O) groups excluding carboxylic acids is 1. The Balaban J connectivity index is 1.66. The molecule has 4 aromatic rings. The van der Waals surface area contributed by atoms with Gasteiger partial charge in [0.25, 0.3) is 0 Å². The number of para-hydroxylation sites is 2. The Kier molecular flexibility index (Phi) is 5.34. The summed E-state index contributed by atoms with van der Waals surface area (Å²) in [4.78, 5) is 12.2. The summed E-state index contributed by atoms with van der Waals surface area (Å²) in [6.07, 6.45) is 5.08. The molecule has 0 spiro atoms. The third-order valence-corrected chi connectivity index (χ3v) is 4.45. The second-order valence-corrected chi connectivity index (χ2v) is 6.65. The highest BCUT2D eigenvalue weighted by molar-refractivity contribution is 5.90. The molecule has 0 aliphatic carbocycles. The molecular formula is C25H20N2O2. The van der Waals surface area contributed by atoms with Crippen LogP contribution in [0, 0.1) is 6.92 Å². The Bertz CT molecular complexity index is 1130. The van der Waals surface area contributed by atoms with Crippen LogP contribution in [0.3, 0.4) is 0 Å². The van der Waals surface area contributed by atoms with Crippen molar-refractivity contribution in [2.45, 2.75) is 6.92 Å². The van der Waals surface area contributed by atoms with Crippen molar-refractivity contribution in [3.8, 4) is 22.7 Å². The largest absolute Gasteiger partial charge is 0.423 e. The van der Waals surface area contributed by atoms with Crippen molar-refractivity contribution in [3.05, 3.63) is 108 Å². The predicted octanol–water partition coefficient (Wildman–Crippen LogP) is 5.47. The number of hydrogen-bond acceptors (Lipinski definition) is 3. The van der Waals surface area contributed by atoms with Crippen molar-refractivity contribution < 1.29 is 9.53 Å². The van der Waals surface area contributed by atoms with Crippen LogP contribution in [0.4, 0.5) is 0 Å². The van der Waals surface area contributed by atoms with Gasteiger partial charge in [-0.1, -0.05) is 66.2 Å². The van der Waals surface area contributed by atoms with Gasteiger partial charge in [-0.3, -0.25) is 0 Å². The fraction of sp³-hybridized carbons (Fsp3) is 0.0400. The minimum absolute atomic E-state index is 0.432. The molecule has 0 saturated heterocycles. The summed E-state index contributed by atoms with van der Waals surface area (Å²) in [6.45, 7) is 2.05. The molecule has 4 nitrogen and oxygen atoms in total. The summed E-state index contributed by atoms with van der Waals surface area (Å²) in [6, 6.07) is 27.1. The lowest BCUT2D eigenvalue weighted by Crippen LogP contribution is -2.03. The normalized spacial score (nSPS) is 10.9. The molecule has 4 heteroatoms. The summed E-state index contributed by atoms with van der Waals surface area (Å²) in [7, 11) is 0. The molecule has 0 aliphatic heterocycles. The maximum Gasteiger partial charge on any atom is 0.336 e. The standard InChI is InChI=1S/C25H20N2O2/c1-19-12-14-20(15-13-19)25-21(18-27(26-25)22-8-4-2-5-9-22)16-17-24(28)29-23-10-6-3-7-11-23/h2-18H,1H3/b17-16+. The van der Waals surface area contributed by atoms with Gasteiger partial charge in [0, 0.05) is 23.4 Å². The number of carbonyl (C=O) groups is 1. The zero-order chi connectivity index (χ0) is 20.1. The quantitative estimate of drug-likeness (QED) is 0.262. The fourth-order valence-electron chi connectivity index (χ4n) is 2.95. The molecule has 0 unspecified atom stereocenters. The van der Waals surface area contributed by atoms with Gasteiger partial charge in [0.1, 0.15) is 5.75 Å². The first kappa shape index (κ1) is 18.4. The lowest BCUT2D eigenvalue weighted by atomic mass is 10.1. The van der Waals surface area contributed by atoms with E-state index in [1.54, 1.807) is 18.2 Å². The number of nitrogens with zero attached hydrogens (tertiary/aromatic N) is 2. The number of aromatic nitrogens is 2. The van der Waals surface area contributed by atoms with E-state index < -0.39 is 5.97 Å². The van der Waals surface area contributed by atoms with Gasteiger partial charge in [0.15, 0.2) is 0 Å². The van der Waals surface area contributed by atoms with Crippen LogP contribution >= 0.6 is 0 Å². The van der Waals surface area contributed by atoms with Crippen LogP contribution in [0.15, 0.2) is 97.2 Å². The van der Waals surface area contributed by atoms with E-state index in [0.29, 0.717) is 5.75 Å². The summed E-state index contributed by atoms with van der Waals surface area (Å²) in [5.74, 6) is 0.0828. The Morgan fingerprint density at radius 1 is 0.897 bits per heavy atom. The number of aryl methyl sites for hydroxylation is 1. The minimum Gasteiger partial charge on any atom is -0.423 e. The highest BCUT2D eigenvalue weighted by atomic mass is 16.5. The first-order valence-electron chi connectivity index (χ1n) is 9.36. The molecule has 3 aromatic carbocycles. The number of ether oxygens (including phenoxy) is 1. The second-order valence-electron chi connectivity index (χ2n) is 6.65. The first-order chi connectivity index (χ1) is 14.2. The van der Waals surface area contributed by atoms with Gasteiger partial charge in [0.2, 0.25) is 0 Å². The zero-order valence-electron chi connectivity index (χ0n) is 16.0. The van der Waals surface area contributed by atoms with Gasteiger partial charge in [-0.2, -0.15) is 5.10 Å². The van der Waals surface area contributed by atoms with Gasteiger partial charge >= 0.3 is 5.97 Å². The number of benzene rings is 3. The third kappa shape index (κ3) is 4.50. The maximum absolute atomic E-state index is 12.2. The molecule has 0 amide bonds. The van der Waals surface area contributed by atoms with Crippen LogP contribution in [-0.4, -0.2) is 15.7 Å². The van der Waals surface area contributed by atoms with E-state index in [0.717, 1.165) is 22.5 Å². The molecule has 29 heavy (non-hydrogen) atoms. The molecule has 0 atom stereocenters. The van der Waals surface area contributed by atoms with Gasteiger partial charge in [-0.15, -0.1) is 0 Å². The summed E-state index contributed by atoms with van der Waals surface area (Å²) >= 11 is 0. The van der Waals surface area contributed by atoms with Gasteiger partial charge in [-0.25, -0.2) is 9.48 Å². The molecule has 4 rings (SSSR count). The molecule has 0 bridgehead atoms. The molecule has 0 aliphatic rings. The highest BCUT2D eigenvalue weighted by Gasteiger charge is 2.11. The average molecular weight is 380 g/mol. The Hall–Kier alpha value is -3.92. The Labute approximate surface area is 169 Å². The molecule has 0 saturated carbocycles. The Morgan fingerprint density at radius 2 is 1.55 bits per heavy atom. The smallest absolute Gasteiger partial charge is 0.336 e. The third-order valence-electron chi connectivity index (χ3n) is 4.45. The summed E-state index contributed by atoms with van der Waals surface area (Å²) in [5, 5.41) is 4.76. The number of esters is 1. The van der Waals surface area contributed by atoms with E-state index in [4.69, 9.17) is 9.84 Å². The molecule has 0 radical (unpaired) electrons. The lowest BCUT2D eigenvalue weighted by Gasteiger charge is -2.01. The molecule has 1 aromatic heterocycles. The average Bonchev–Trinajstić information content (AvgIpc) is 3.18. The van der Waals surface area contributed by atoms with E-state index in [-0.39, 0.29) is 0 Å². The van der Waals surface area contributed by atoms with E-state index in [2.05, 4.69) is 0 Å². The van der Waals surface area contributed by atoms with Crippen LogP contribution < -0.4 is 4.74 Å². The summed E-state index contributed by atoms with van der Waals surface area (Å²) in [5.41, 5.74) is 4.76.